The minimum absolute atomic E-state index is 0.513. The summed E-state index contributed by atoms with van der Waals surface area (Å²) < 4.78 is 25.9. The SMILES string of the molecule is CC(C#N)S(=O)(=O)Nc1ccc2c(c1)CNCC2. The average Bonchev–Trinajstić information content (AvgIpc) is 2.37. The summed E-state index contributed by atoms with van der Waals surface area (Å²) in [5, 5.41) is 10.8. The van der Waals surface area contributed by atoms with E-state index < -0.39 is 15.3 Å². The quantitative estimate of drug-likeness (QED) is 0.853. The first kappa shape index (κ1) is 12.9. The maximum atomic E-state index is 11.7. The summed E-state index contributed by atoms with van der Waals surface area (Å²) in [6.45, 7) is 3.06. The maximum absolute atomic E-state index is 11.7. The van der Waals surface area contributed by atoms with E-state index in [-0.39, 0.29) is 0 Å². The molecule has 0 aliphatic carbocycles. The summed E-state index contributed by atoms with van der Waals surface area (Å²) in [5.74, 6) is 0. The van der Waals surface area contributed by atoms with Crippen LogP contribution >= 0.6 is 0 Å². The fraction of sp³-hybridized carbons (Fsp3) is 0.417. The van der Waals surface area contributed by atoms with Gasteiger partial charge in [0.05, 0.1) is 6.07 Å². The molecule has 1 atom stereocenters. The van der Waals surface area contributed by atoms with Crippen molar-refractivity contribution in [2.45, 2.75) is 25.1 Å². The van der Waals surface area contributed by atoms with Crippen LogP contribution in [0, 0.1) is 11.3 Å². The predicted octanol–water partition coefficient (Wildman–Crippen LogP) is 0.986. The molecule has 0 saturated heterocycles. The van der Waals surface area contributed by atoms with Crippen molar-refractivity contribution in [1.29, 1.82) is 5.26 Å². The Morgan fingerprint density at radius 1 is 1.44 bits per heavy atom. The Labute approximate surface area is 107 Å². The summed E-state index contributed by atoms with van der Waals surface area (Å²) in [7, 11) is -3.62. The van der Waals surface area contributed by atoms with Crippen molar-refractivity contribution < 1.29 is 8.42 Å². The van der Waals surface area contributed by atoms with Crippen LogP contribution in [0.5, 0.6) is 0 Å². The Morgan fingerprint density at radius 2 is 2.22 bits per heavy atom. The highest BCUT2D eigenvalue weighted by Crippen LogP contribution is 2.20. The molecule has 0 saturated carbocycles. The Hall–Kier alpha value is -1.58. The summed E-state index contributed by atoms with van der Waals surface area (Å²) in [5.41, 5.74) is 2.86. The lowest BCUT2D eigenvalue weighted by molar-refractivity contribution is 0.597. The lowest BCUT2D eigenvalue weighted by Crippen LogP contribution is -2.25. The molecule has 2 N–H and O–H groups in total. The second-order valence-corrected chi connectivity index (χ2v) is 6.33. The summed E-state index contributed by atoms with van der Waals surface area (Å²) in [4.78, 5) is 0. The molecule has 1 unspecified atom stereocenters. The first-order chi connectivity index (χ1) is 8.53. The number of nitrogens with zero attached hydrogens (tertiary/aromatic N) is 1. The number of sulfonamides is 1. The van der Waals surface area contributed by atoms with Crippen LogP contribution in [0.1, 0.15) is 18.1 Å². The highest BCUT2D eigenvalue weighted by atomic mass is 32.2. The van der Waals surface area contributed by atoms with Gasteiger partial charge in [-0.15, -0.1) is 0 Å². The average molecular weight is 265 g/mol. The molecule has 0 aromatic heterocycles. The van der Waals surface area contributed by atoms with E-state index in [1.807, 2.05) is 12.1 Å². The molecule has 1 aromatic rings. The molecule has 1 aliphatic heterocycles. The molecular formula is C12H15N3O2S. The lowest BCUT2D eigenvalue weighted by Gasteiger charge is -2.18. The van der Waals surface area contributed by atoms with Gasteiger partial charge in [0, 0.05) is 12.2 Å². The van der Waals surface area contributed by atoms with Crippen LogP contribution in [-0.2, 0) is 23.0 Å². The summed E-state index contributed by atoms with van der Waals surface area (Å²) >= 11 is 0. The lowest BCUT2D eigenvalue weighted by atomic mass is 10.0. The van der Waals surface area contributed by atoms with Crippen LogP contribution in [-0.4, -0.2) is 20.2 Å². The smallest absolute Gasteiger partial charge is 0.248 e. The molecule has 1 aliphatic rings. The second kappa shape index (κ2) is 4.96. The van der Waals surface area contributed by atoms with Crippen molar-refractivity contribution in [1.82, 2.24) is 5.32 Å². The number of hydrogen-bond donors (Lipinski definition) is 2. The number of hydrogen-bond acceptors (Lipinski definition) is 4. The number of benzene rings is 1. The number of fused-ring (bicyclic) bond motifs is 1. The van der Waals surface area contributed by atoms with E-state index in [1.165, 1.54) is 12.5 Å². The standard InChI is InChI=1S/C12H15N3O2S/c1-9(7-13)18(16,17)15-12-3-2-10-4-5-14-8-11(10)6-12/h2-3,6,9,14-15H,4-5,8H2,1H3. The van der Waals surface area contributed by atoms with Gasteiger partial charge in [-0.2, -0.15) is 5.26 Å². The normalized spacial score (nSPS) is 16.4. The largest absolute Gasteiger partial charge is 0.312 e. The summed E-state index contributed by atoms with van der Waals surface area (Å²) in [6.07, 6.45) is 0.955. The fourth-order valence-corrected chi connectivity index (χ4v) is 2.64. The van der Waals surface area contributed by atoms with Crippen molar-refractivity contribution in [3.63, 3.8) is 0 Å². The second-order valence-electron chi connectivity index (χ2n) is 4.33. The molecular weight excluding hydrogens is 250 g/mol. The molecule has 18 heavy (non-hydrogen) atoms. The number of anilines is 1. The van der Waals surface area contributed by atoms with Crippen LogP contribution in [0.25, 0.3) is 0 Å². The fourth-order valence-electron chi connectivity index (χ4n) is 1.87. The van der Waals surface area contributed by atoms with Crippen molar-refractivity contribution in [3.8, 4) is 6.07 Å². The Kier molecular flexibility index (Phi) is 3.55. The molecule has 0 bridgehead atoms. The van der Waals surface area contributed by atoms with Gasteiger partial charge in [-0.3, -0.25) is 4.72 Å². The van der Waals surface area contributed by atoms with E-state index in [4.69, 9.17) is 5.26 Å². The van der Waals surface area contributed by atoms with Crippen molar-refractivity contribution >= 4 is 15.7 Å². The Morgan fingerprint density at radius 3 is 2.94 bits per heavy atom. The molecule has 1 heterocycles. The van der Waals surface area contributed by atoms with Gasteiger partial charge in [-0.1, -0.05) is 6.07 Å². The molecule has 0 spiro atoms. The molecule has 2 rings (SSSR count). The third-order valence-electron chi connectivity index (χ3n) is 3.00. The van der Waals surface area contributed by atoms with Gasteiger partial charge in [0.2, 0.25) is 10.0 Å². The van der Waals surface area contributed by atoms with E-state index in [0.29, 0.717) is 5.69 Å². The highest BCUT2D eigenvalue weighted by Gasteiger charge is 2.20. The van der Waals surface area contributed by atoms with Gasteiger partial charge in [0.15, 0.2) is 5.25 Å². The molecule has 0 amide bonds. The van der Waals surface area contributed by atoms with Gasteiger partial charge in [0.1, 0.15) is 0 Å². The number of rotatable bonds is 3. The van der Waals surface area contributed by atoms with Gasteiger partial charge in [0.25, 0.3) is 0 Å². The van der Waals surface area contributed by atoms with Crippen LogP contribution in [0.15, 0.2) is 18.2 Å². The zero-order valence-electron chi connectivity index (χ0n) is 10.1. The monoisotopic (exact) mass is 265 g/mol. The minimum atomic E-state index is -3.62. The third kappa shape index (κ3) is 2.63. The molecule has 96 valence electrons. The predicted molar refractivity (Wildman–Crippen MR) is 69.5 cm³/mol. The van der Waals surface area contributed by atoms with Crippen molar-refractivity contribution in [2.24, 2.45) is 0 Å². The van der Waals surface area contributed by atoms with Crippen LogP contribution < -0.4 is 10.0 Å². The van der Waals surface area contributed by atoms with E-state index in [1.54, 1.807) is 12.1 Å². The van der Waals surface area contributed by atoms with Crippen LogP contribution in [0.3, 0.4) is 0 Å². The van der Waals surface area contributed by atoms with Gasteiger partial charge < -0.3 is 5.32 Å². The van der Waals surface area contributed by atoms with Crippen LogP contribution in [0.2, 0.25) is 0 Å². The van der Waals surface area contributed by atoms with Crippen LogP contribution in [0.4, 0.5) is 5.69 Å². The molecule has 1 aromatic carbocycles. The first-order valence-corrected chi connectivity index (χ1v) is 7.31. The third-order valence-corrected chi connectivity index (χ3v) is 4.56. The Bertz CT molecular complexity index is 590. The van der Waals surface area contributed by atoms with Crippen molar-refractivity contribution in [3.05, 3.63) is 29.3 Å². The van der Waals surface area contributed by atoms with E-state index >= 15 is 0 Å². The van der Waals surface area contributed by atoms with Crippen molar-refractivity contribution in [2.75, 3.05) is 11.3 Å². The molecule has 5 nitrogen and oxygen atoms in total. The van der Waals surface area contributed by atoms with Gasteiger partial charge in [-0.25, -0.2) is 8.42 Å². The van der Waals surface area contributed by atoms with E-state index in [0.717, 1.165) is 25.1 Å². The maximum Gasteiger partial charge on any atom is 0.248 e. The molecule has 0 fully saturated rings. The van der Waals surface area contributed by atoms with E-state index in [2.05, 4.69) is 10.0 Å². The topological polar surface area (TPSA) is 82.0 Å². The van der Waals surface area contributed by atoms with E-state index in [9.17, 15) is 8.42 Å². The Balaban J connectivity index is 2.23. The van der Waals surface area contributed by atoms with Gasteiger partial charge in [-0.05, 0) is 43.1 Å². The zero-order valence-corrected chi connectivity index (χ0v) is 10.9. The minimum Gasteiger partial charge on any atom is -0.312 e. The zero-order chi connectivity index (χ0) is 13.2. The summed E-state index contributed by atoms with van der Waals surface area (Å²) in [6, 6.07) is 7.22. The van der Waals surface area contributed by atoms with Gasteiger partial charge >= 0.3 is 0 Å². The molecule has 0 radical (unpaired) electrons. The highest BCUT2D eigenvalue weighted by molar-refractivity contribution is 7.93. The number of nitrogens with one attached hydrogen (secondary N) is 2. The number of nitriles is 1. The molecule has 6 heteroatoms. The first-order valence-electron chi connectivity index (χ1n) is 5.77.